The van der Waals surface area contributed by atoms with Crippen LogP contribution in [0, 0.1) is 11.6 Å². The Balaban J connectivity index is 1.58. The van der Waals surface area contributed by atoms with Crippen molar-refractivity contribution >= 4 is 31.3 Å². The summed E-state index contributed by atoms with van der Waals surface area (Å²) in [6.45, 7) is -0.776. The molecule has 0 saturated heterocycles. The molecule has 4 rings (SSSR count). The first kappa shape index (κ1) is 31.0. The van der Waals surface area contributed by atoms with Crippen LogP contribution in [0.4, 0.5) is 8.78 Å². The molecule has 0 aliphatic carbocycles. The average molecular weight is 622 g/mol. The van der Waals surface area contributed by atoms with E-state index in [2.05, 4.69) is 15.1 Å². The Morgan fingerprint density at radius 1 is 1.07 bits per heavy atom. The van der Waals surface area contributed by atoms with Crippen LogP contribution in [0.1, 0.15) is 16.1 Å². The lowest BCUT2D eigenvalue weighted by Gasteiger charge is -2.26. The molecule has 1 amide bonds. The SMILES string of the molecule is COP(=O)(O)OC(CN(Cc1ccc(-c2cc(Cl)ccc2F)cc1)NC(=O)c1cc(-c2ccccc2F)no1)C(=O)O. The summed E-state index contributed by atoms with van der Waals surface area (Å²) in [5.74, 6) is -3.91. The number of halogens is 3. The summed E-state index contributed by atoms with van der Waals surface area (Å²) in [6.07, 6.45) is -1.93. The van der Waals surface area contributed by atoms with Crippen LogP contribution in [0.3, 0.4) is 0 Å². The van der Waals surface area contributed by atoms with Crippen molar-refractivity contribution in [2.45, 2.75) is 12.6 Å². The van der Waals surface area contributed by atoms with Crippen LogP contribution in [-0.4, -0.2) is 51.8 Å². The molecule has 4 aromatic rings. The van der Waals surface area contributed by atoms with Gasteiger partial charge in [0.1, 0.15) is 17.3 Å². The van der Waals surface area contributed by atoms with Crippen molar-refractivity contribution < 1.29 is 46.5 Å². The third-order valence-corrected chi connectivity index (χ3v) is 7.08. The van der Waals surface area contributed by atoms with Crippen LogP contribution in [-0.2, 0) is 25.0 Å². The van der Waals surface area contributed by atoms with E-state index in [4.69, 9.17) is 20.6 Å². The number of rotatable bonds is 12. The monoisotopic (exact) mass is 621 g/mol. The topological polar surface area (TPSA) is 151 Å². The lowest BCUT2D eigenvalue weighted by molar-refractivity contribution is -0.147. The summed E-state index contributed by atoms with van der Waals surface area (Å²) < 4.78 is 54.5. The number of amides is 1. The van der Waals surface area contributed by atoms with E-state index in [1.807, 2.05) is 0 Å². The van der Waals surface area contributed by atoms with Crippen molar-refractivity contribution in [2.24, 2.45) is 0 Å². The van der Waals surface area contributed by atoms with Gasteiger partial charge in [-0.05, 0) is 41.5 Å². The fraction of sp³-hybridized carbons (Fsp3) is 0.148. The van der Waals surface area contributed by atoms with Gasteiger partial charge in [0.05, 0.1) is 6.54 Å². The molecule has 2 atom stereocenters. The molecule has 0 radical (unpaired) electrons. The summed E-state index contributed by atoms with van der Waals surface area (Å²) in [7, 11) is -3.87. The standard InChI is InChI=1S/C27H23ClF2N3O8P/c1-39-42(37,38)41-25(27(35)36)15-33(14-16-6-8-17(9-7-16)20-12-18(28)10-11-22(20)30)31-26(34)24-13-23(32-40-24)19-4-2-3-5-21(19)29/h2-13,25H,14-15H2,1H3,(H,31,34)(H,35,36)(H,37,38). The molecule has 42 heavy (non-hydrogen) atoms. The molecule has 220 valence electrons. The molecule has 0 fully saturated rings. The van der Waals surface area contributed by atoms with E-state index in [9.17, 15) is 32.9 Å². The van der Waals surface area contributed by atoms with Crippen molar-refractivity contribution in [2.75, 3.05) is 13.7 Å². The number of aliphatic carboxylic acids is 1. The fourth-order valence-electron chi connectivity index (χ4n) is 3.82. The van der Waals surface area contributed by atoms with Gasteiger partial charge in [0.2, 0.25) is 5.76 Å². The minimum atomic E-state index is -4.73. The molecule has 1 aromatic heterocycles. The molecule has 3 N–H and O–H groups in total. The summed E-state index contributed by atoms with van der Waals surface area (Å²) >= 11 is 5.99. The van der Waals surface area contributed by atoms with Crippen molar-refractivity contribution in [3.63, 3.8) is 0 Å². The Morgan fingerprint density at radius 3 is 2.43 bits per heavy atom. The number of hydrogen-bond donors (Lipinski definition) is 3. The van der Waals surface area contributed by atoms with Crippen molar-refractivity contribution in [3.8, 4) is 22.4 Å². The summed E-state index contributed by atoms with van der Waals surface area (Å²) in [4.78, 5) is 34.5. The van der Waals surface area contributed by atoms with Gasteiger partial charge in [-0.2, -0.15) is 0 Å². The highest BCUT2D eigenvalue weighted by molar-refractivity contribution is 7.47. The number of aromatic nitrogens is 1. The van der Waals surface area contributed by atoms with E-state index in [1.54, 1.807) is 30.3 Å². The highest BCUT2D eigenvalue weighted by atomic mass is 35.5. The highest BCUT2D eigenvalue weighted by Crippen LogP contribution is 2.43. The Labute approximate surface area is 242 Å². The summed E-state index contributed by atoms with van der Waals surface area (Å²) in [5.41, 5.74) is 3.86. The third-order valence-electron chi connectivity index (χ3n) is 5.86. The molecule has 0 bridgehead atoms. The van der Waals surface area contributed by atoms with E-state index in [1.165, 1.54) is 42.5 Å². The number of hydrogen-bond acceptors (Lipinski definition) is 8. The number of phosphoric ester groups is 1. The predicted molar refractivity (Wildman–Crippen MR) is 146 cm³/mol. The summed E-state index contributed by atoms with van der Waals surface area (Å²) in [5, 5.41) is 14.8. The van der Waals surface area contributed by atoms with Gasteiger partial charge in [-0.15, -0.1) is 0 Å². The van der Waals surface area contributed by atoms with Gasteiger partial charge >= 0.3 is 19.7 Å². The second-order valence-corrected chi connectivity index (χ2v) is 10.7. The van der Waals surface area contributed by atoms with Gasteiger partial charge in [-0.25, -0.2) is 23.1 Å². The first-order valence-corrected chi connectivity index (χ1v) is 13.9. The van der Waals surface area contributed by atoms with Crippen LogP contribution in [0.2, 0.25) is 5.02 Å². The zero-order valence-electron chi connectivity index (χ0n) is 21.7. The van der Waals surface area contributed by atoms with Crippen LogP contribution in [0.25, 0.3) is 22.4 Å². The molecular formula is C27H23ClF2N3O8P. The molecule has 0 saturated carbocycles. The molecular weight excluding hydrogens is 599 g/mol. The third kappa shape index (κ3) is 7.85. The van der Waals surface area contributed by atoms with E-state index in [-0.39, 0.29) is 29.1 Å². The number of carbonyl (C=O) groups excluding carboxylic acids is 1. The van der Waals surface area contributed by atoms with Crippen LogP contribution in [0.5, 0.6) is 0 Å². The van der Waals surface area contributed by atoms with E-state index >= 15 is 0 Å². The number of nitrogens with zero attached hydrogens (tertiary/aromatic N) is 2. The minimum Gasteiger partial charge on any atom is -0.479 e. The predicted octanol–water partition coefficient (Wildman–Crippen LogP) is 5.30. The van der Waals surface area contributed by atoms with Gasteiger partial charge in [-0.1, -0.05) is 53.2 Å². The highest BCUT2D eigenvalue weighted by Gasteiger charge is 2.32. The maximum absolute atomic E-state index is 14.3. The second-order valence-electron chi connectivity index (χ2n) is 8.78. The zero-order valence-corrected chi connectivity index (χ0v) is 23.4. The molecule has 0 aliphatic rings. The molecule has 3 aromatic carbocycles. The number of carboxylic acid groups (broad SMARTS) is 1. The molecule has 2 unspecified atom stereocenters. The van der Waals surface area contributed by atoms with E-state index < -0.39 is 44.0 Å². The lowest BCUT2D eigenvalue weighted by atomic mass is 10.0. The fourth-order valence-corrected chi connectivity index (χ4v) is 4.55. The first-order chi connectivity index (χ1) is 20.0. The quantitative estimate of drug-likeness (QED) is 0.140. The maximum atomic E-state index is 14.3. The van der Waals surface area contributed by atoms with E-state index in [0.29, 0.717) is 16.1 Å². The number of carboxylic acids is 1. The minimum absolute atomic E-state index is 0.0432. The number of phosphoric acid groups is 1. The smallest absolute Gasteiger partial charge is 0.472 e. The number of carbonyl (C=O) groups is 2. The van der Waals surface area contributed by atoms with Gasteiger partial charge in [0.25, 0.3) is 0 Å². The Morgan fingerprint density at radius 2 is 1.76 bits per heavy atom. The molecule has 11 nitrogen and oxygen atoms in total. The van der Waals surface area contributed by atoms with Crippen LogP contribution in [0.15, 0.2) is 77.3 Å². The Hall–Kier alpha value is -3.97. The average Bonchev–Trinajstić information content (AvgIpc) is 3.45. The van der Waals surface area contributed by atoms with Crippen LogP contribution >= 0.6 is 19.4 Å². The van der Waals surface area contributed by atoms with Gasteiger partial charge in [0, 0.05) is 35.9 Å². The van der Waals surface area contributed by atoms with Gasteiger partial charge in [-0.3, -0.25) is 19.3 Å². The number of nitrogens with one attached hydrogen (secondary N) is 1. The Kier molecular flexibility index (Phi) is 9.84. The van der Waals surface area contributed by atoms with Gasteiger partial charge < -0.3 is 14.5 Å². The van der Waals surface area contributed by atoms with E-state index in [0.717, 1.165) is 12.1 Å². The molecule has 15 heteroatoms. The van der Waals surface area contributed by atoms with Gasteiger partial charge in [0.15, 0.2) is 6.10 Å². The summed E-state index contributed by atoms with van der Waals surface area (Å²) in [6, 6.07) is 17.4. The normalized spacial score (nSPS) is 13.5. The largest absolute Gasteiger partial charge is 0.479 e. The molecule has 1 heterocycles. The van der Waals surface area contributed by atoms with Crippen molar-refractivity contribution in [1.29, 1.82) is 0 Å². The molecule has 0 spiro atoms. The van der Waals surface area contributed by atoms with Crippen molar-refractivity contribution in [1.82, 2.24) is 15.6 Å². The first-order valence-electron chi connectivity index (χ1n) is 12.1. The Bertz CT molecular complexity index is 1640. The maximum Gasteiger partial charge on any atom is 0.472 e. The second kappa shape index (κ2) is 13.3. The number of hydrazine groups is 1. The lowest BCUT2D eigenvalue weighted by Crippen LogP contribution is -2.47. The zero-order chi connectivity index (χ0) is 30.4. The van der Waals surface area contributed by atoms with Crippen molar-refractivity contribution in [3.05, 3.63) is 101 Å². The number of benzene rings is 3. The molecule has 0 aliphatic heterocycles. The van der Waals surface area contributed by atoms with Crippen LogP contribution < -0.4 is 5.43 Å².